The minimum Gasteiger partial charge on any atom is -0.497 e. The first-order valence-corrected chi connectivity index (χ1v) is 8.64. The van der Waals surface area contributed by atoms with Crippen LogP contribution >= 0.6 is 0 Å². The first kappa shape index (κ1) is 18.4. The van der Waals surface area contributed by atoms with Crippen LogP contribution in [0.15, 0.2) is 71.5 Å². The first-order chi connectivity index (χ1) is 13.1. The molecule has 1 amide bonds. The van der Waals surface area contributed by atoms with Crippen molar-refractivity contribution in [2.45, 2.75) is 19.5 Å². The van der Waals surface area contributed by atoms with Crippen LogP contribution in [-0.4, -0.2) is 22.8 Å². The van der Waals surface area contributed by atoms with Gasteiger partial charge in [0.2, 0.25) is 5.91 Å². The molecule has 0 saturated heterocycles. The maximum Gasteiger partial charge on any atom is 0.267 e. The average Bonchev–Trinajstić information content (AvgIpc) is 2.70. The number of carbonyl (C=O) groups excluding carboxylic acids is 1. The second-order valence-electron chi connectivity index (χ2n) is 6.14. The van der Waals surface area contributed by atoms with Gasteiger partial charge in [0.05, 0.1) is 18.8 Å². The van der Waals surface area contributed by atoms with E-state index in [0.717, 1.165) is 16.9 Å². The number of rotatable bonds is 6. The molecule has 1 atom stereocenters. The molecule has 2 aromatic carbocycles. The van der Waals surface area contributed by atoms with Crippen molar-refractivity contribution in [3.05, 3.63) is 82.6 Å². The Labute approximate surface area is 157 Å². The highest BCUT2D eigenvalue weighted by molar-refractivity contribution is 5.76. The Morgan fingerprint density at radius 3 is 2.44 bits per heavy atom. The highest BCUT2D eigenvalue weighted by Gasteiger charge is 2.12. The third-order valence-corrected chi connectivity index (χ3v) is 4.22. The number of nitrogens with one attached hydrogen (secondary N) is 1. The number of amides is 1. The second kappa shape index (κ2) is 8.31. The molecule has 138 valence electrons. The van der Waals surface area contributed by atoms with Gasteiger partial charge in [-0.25, -0.2) is 4.68 Å². The van der Waals surface area contributed by atoms with E-state index in [4.69, 9.17) is 4.74 Å². The molecule has 0 aliphatic carbocycles. The zero-order chi connectivity index (χ0) is 19.2. The van der Waals surface area contributed by atoms with E-state index in [1.807, 2.05) is 61.5 Å². The average molecular weight is 363 g/mol. The normalized spacial score (nSPS) is 11.6. The summed E-state index contributed by atoms with van der Waals surface area (Å²) in [6, 6.07) is 19.9. The number of aromatic nitrogens is 2. The van der Waals surface area contributed by atoms with Crippen LogP contribution in [0.3, 0.4) is 0 Å². The third-order valence-electron chi connectivity index (χ3n) is 4.22. The van der Waals surface area contributed by atoms with Gasteiger partial charge in [-0.3, -0.25) is 9.59 Å². The summed E-state index contributed by atoms with van der Waals surface area (Å²) >= 11 is 0. The molecule has 6 heteroatoms. The van der Waals surface area contributed by atoms with Crippen LogP contribution in [-0.2, 0) is 11.3 Å². The lowest BCUT2D eigenvalue weighted by atomic mass is 10.1. The zero-order valence-corrected chi connectivity index (χ0v) is 15.3. The lowest BCUT2D eigenvalue weighted by Crippen LogP contribution is -2.34. The van der Waals surface area contributed by atoms with Crippen molar-refractivity contribution in [3.8, 4) is 17.0 Å². The highest BCUT2D eigenvalue weighted by atomic mass is 16.5. The van der Waals surface area contributed by atoms with E-state index in [2.05, 4.69) is 10.4 Å². The van der Waals surface area contributed by atoms with Crippen LogP contribution < -0.4 is 15.6 Å². The summed E-state index contributed by atoms with van der Waals surface area (Å²) in [5.41, 5.74) is 2.12. The smallest absolute Gasteiger partial charge is 0.267 e. The summed E-state index contributed by atoms with van der Waals surface area (Å²) in [5.74, 6) is 0.467. The van der Waals surface area contributed by atoms with Gasteiger partial charge < -0.3 is 10.1 Å². The molecule has 1 aromatic heterocycles. The Morgan fingerprint density at radius 1 is 1.07 bits per heavy atom. The molecular weight excluding hydrogens is 342 g/mol. The lowest BCUT2D eigenvalue weighted by molar-refractivity contribution is -0.122. The van der Waals surface area contributed by atoms with Gasteiger partial charge in [-0.05, 0) is 42.8 Å². The Bertz CT molecular complexity index is 966. The summed E-state index contributed by atoms with van der Waals surface area (Å²) < 4.78 is 6.32. The van der Waals surface area contributed by atoms with E-state index in [9.17, 15) is 9.59 Å². The van der Waals surface area contributed by atoms with Crippen LogP contribution in [0.25, 0.3) is 11.3 Å². The van der Waals surface area contributed by atoms with Crippen LogP contribution in [0.5, 0.6) is 5.75 Å². The molecule has 0 bridgehead atoms. The number of ether oxygens (including phenoxy) is 1. The molecule has 0 fully saturated rings. The van der Waals surface area contributed by atoms with Crippen LogP contribution in [0.4, 0.5) is 0 Å². The molecule has 6 nitrogen and oxygen atoms in total. The standard InChI is InChI=1S/C21H21N3O3/c1-15(16-6-4-3-5-7-16)22-20(25)14-24-21(26)13-12-19(23-24)17-8-10-18(27-2)11-9-17/h3-13,15H,14H2,1-2H3,(H,22,25). The summed E-state index contributed by atoms with van der Waals surface area (Å²) in [5, 5.41) is 7.21. The van der Waals surface area contributed by atoms with Crippen LogP contribution in [0.2, 0.25) is 0 Å². The van der Waals surface area contributed by atoms with Crippen molar-refractivity contribution in [3.63, 3.8) is 0 Å². The minimum absolute atomic E-state index is 0.139. The number of benzene rings is 2. The van der Waals surface area contributed by atoms with Gasteiger partial charge in [0, 0.05) is 11.6 Å². The monoisotopic (exact) mass is 363 g/mol. The van der Waals surface area contributed by atoms with Crippen molar-refractivity contribution < 1.29 is 9.53 Å². The highest BCUT2D eigenvalue weighted by Crippen LogP contribution is 2.19. The Hall–Kier alpha value is -3.41. The van der Waals surface area contributed by atoms with E-state index in [0.29, 0.717) is 5.69 Å². The van der Waals surface area contributed by atoms with Crippen LogP contribution in [0, 0.1) is 0 Å². The zero-order valence-electron chi connectivity index (χ0n) is 15.3. The van der Waals surface area contributed by atoms with Crippen molar-refractivity contribution in [2.75, 3.05) is 7.11 Å². The molecule has 1 N–H and O–H groups in total. The van der Waals surface area contributed by atoms with Gasteiger partial charge in [-0.1, -0.05) is 30.3 Å². The molecule has 1 heterocycles. The summed E-state index contributed by atoms with van der Waals surface area (Å²) in [6.07, 6.45) is 0. The Morgan fingerprint density at radius 2 is 1.78 bits per heavy atom. The molecule has 0 aliphatic rings. The summed E-state index contributed by atoms with van der Waals surface area (Å²) in [6.45, 7) is 1.76. The van der Waals surface area contributed by atoms with E-state index in [1.54, 1.807) is 13.2 Å². The number of carbonyl (C=O) groups is 1. The molecule has 3 aromatic rings. The van der Waals surface area contributed by atoms with Crippen molar-refractivity contribution >= 4 is 5.91 Å². The molecule has 0 aliphatic heterocycles. The van der Waals surface area contributed by atoms with Crippen molar-refractivity contribution in [2.24, 2.45) is 0 Å². The topological polar surface area (TPSA) is 73.2 Å². The van der Waals surface area contributed by atoms with Gasteiger partial charge in [-0.15, -0.1) is 0 Å². The fourth-order valence-electron chi connectivity index (χ4n) is 2.73. The van der Waals surface area contributed by atoms with E-state index < -0.39 is 0 Å². The molecular formula is C21H21N3O3. The number of hydrogen-bond acceptors (Lipinski definition) is 4. The summed E-state index contributed by atoms with van der Waals surface area (Å²) in [4.78, 5) is 24.4. The number of methoxy groups -OCH3 is 1. The molecule has 27 heavy (non-hydrogen) atoms. The Kier molecular flexibility index (Phi) is 5.66. The third kappa shape index (κ3) is 4.61. The largest absolute Gasteiger partial charge is 0.497 e. The van der Waals surface area contributed by atoms with E-state index >= 15 is 0 Å². The summed E-state index contributed by atoms with van der Waals surface area (Å²) in [7, 11) is 1.60. The van der Waals surface area contributed by atoms with Crippen molar-refractivity contribution in [1.82, 2.24) is 15.1 Å². The Balaban J connectivity index is 1.74. The van der Waals surface area contributed by atoms with Gasteiger partial charge in [0.1, 0.15) is 12.3 Å². The molecule has 0 radical (unpaired) electrons. The predicted molar refractivity (Wildman–Crippen MR) is 103 cm³/mol. The molecule has 0 spiro atoms. The lowest BCUT2D eigenvalue weighted by Gasteiger charge is -2.14. The number of hydrogen-bond donors (Lipinski definition) is 1. The fraction of sp³-hybridized carbons (Fsp3) is 0.190. The molecule has 1 unspecified atom stereocenters. The minimum atomic E-state index is -0.324. The van der Waals surface area contributed by atoms with Crippen LogP contribution in [0.1, 0.15) is 18.5 Å². The second-order valence-corrected chi connectivity index (χ2v) is 6.14. The van der Waals surface area contributed by atoms with E-state index in [1.165, 1.54) is 10.7 Å². The van der Waals surface area contributed by atoms with Gasteiger partial charge in [-0.2, -0.15) is 5.10 Å². The molecule has 3 rings (SSSR count). The van der Waals surface area contributed by atoms with Gasteiger partial charge in [0.15, 0.2) is 0 Å². The maximum atomic E-state index is 12.4. The SMILES string of the molecule is COc1ccc(-c2ccc(=O)n(CC(=O)NC(C)c3ccccc3)n2)cc1. The maximum absolute atomic E-state index is 12.4. The molecule has 0 saturated carbocycles. The van der Waals surface area contributed by atoms with Gasteiger partial charge >= 0.3 is 0 Å². The quantitative estimate of drug-likeness (QED) is 0.731. The van der Waals surface area contributed by atoms with Crippen molar-refractivity contribution in [1.29, 1.82) is 0 Å². The number of nitrogens with zero attached hydrogens (tertiary/aromatic N) is 2. The van der Waals surface area contributed by atoms with Gasteiger partial charge in [0.25, 0.3) is 5.56 Å². The fourth-order valence-corrected chi connectivity index (χ4v) is 2.73. The predicted octanol–water partition coefficient (Wildman–Crippen LogP) is 2.80. The first-order valence-electron chi connectivity index (χ1n) is 8.64. The van der Waals surface area contributed by atoms with E-state index in [-0.39, 0.29) is 24.1 Å².